The van der Waals surface area contributed by atoms with Crippen molar-refractivity contribution in [1.82, 2.24) is 10.3 Å². The van der Waals surface area contributed by atoms with E-state index in [9.17, 15) is 0 Å². The second kappa shape index (κ2) is 5.15. The monoisotopic (exact) mass is 196 g/mol. The Labute approximate surface area is 85.9 Å². The predicted octanol–water partition coefficient (Wildman–Crippen LogP) is 2.68. The molecule has 1 unspecified atom stereocenters. The molecule has 3 heteroatoms. The molecular weight excluding hydrogens is 176 g/mol. The number of oxazole rings is 1. The summed E-state index contributed by atoms with van der Waals surface area (Å²) in [5.41, 5.74) is 0. The predicted molar refractivity (Wildman–Crippen MR) is 57.1 cm³/mol. The second-order valence-electron chi connectivity index (χ2n) is 4.17. The summed E-state index contributed by atoms with van der Waals surface area (Å²) in [7, 11) is 0. The zero-order valence-electron chi connectivity index (χ0n) is 9.50. The largest absolute Gasteiger partial charge is 0.444 e. The van der Waals surface area contributed by atoms with E-state index in [4.69, 9.17) is 4.42 Å². The molecule has 0 saturated carbocycles. The van der Waals surface area contributed by atoms with Gasteiger partial charge in [-0.3, -0.25) is 0 Å². The Morgan fingerprint density at radius 1 is 1.43 bits per heavy atom. The molecule has 1 atom stereocenters. The van der Waals surface area contributed by atoms with Gasteiger partial charge in [-0.1, -0.05) is 13.8 Å². The summed E-state index contributed by atoms with van der Waals surface area (Å²) >= 11 is 0. The van der Waals surface area contributed by atoms with Gasteiger partial charge in [-0.2, -0.15) is 0 Å². The van der Waals surface area contributed by atoms with Gasteiger partial charge in [-0.15, -0.1) is 0 Å². The molecule has 0 radical (unpaired) electrons. The zero-order valence-corrected chi connectivity index (χ0v) is 9.50. The van der Waals surface area contributed by atoms with Crippen LogP contribution in [0.2, 0.25) is 0 Å². The number of aromatic nitrogens is 1. The summed E-state index contributed by atoms with van der Waals surface area (Å²) in [5, 5.41) is 3.39. The van der Waals surface area contributed by atoms with Crippen molar-refractivity contribution in [2.24, 2.45) is 5.92 Å². The van der Waals surface area contributed by atoms with Gasteiger partial charge in [-0.05, 0) is 32.7 Å². The van der Waals surface area contributed by atoms with Gasteiger partial charge in [0.1, 0.15) is 5.76 Å². The fraction of sp³-hybridized carbons (Fsp3) is 0.727. The van der Waals surface area contributed by atoms with Gasteiger partial charge in [0.2, 0.25) is 5.89 Å². The Bertz CT molecular complexity index is 268. The van der Waals surface area contributed by atoms with Gasteiger partial charge in [0, 0.05) is 0 Å². The number of rotatable bonds is 5. The van der Waals surface area contributed by atoms with Crippen LogP contribution in [0, 0.1) is 12.8 Å². The summed E-state index contributed by atoms with van der Waals surface area (Å²) in [5.74, 6) is 2.39. The highest BCUT2D eigenvalue weighted by Crippen LogP contribution is 2.11. The SMILES string of the molecule is Cc1cnc(C(C)NCCC(C)C)o1. The first kappa shape index (κ1) is 11.2. The number of nitrogens with zero attached hydrogens (tertiary/aromatic N) is 1. The van der Waals surface area contributed by atoms with E-state index >= 15 is 0 Å². The van der Waals surface area contributed by atoms with Gasteiger partial charge in [0.15, 0.2) is 0 Å². The maximum Gasteiger partial charge on any atom is 0.211 e. The lowest BCUT2D eigenvalue weighted by molar-refractivity contribution is 0.393. The number of aryl methyl sites for hydroxylation is 1. The van der Waals surface area contributed by atoms with Crippen LogP contribution >= 0.6 is 0 Å². The normalized spacial score (nSPS) is 13.5. The minimum Gasteiger partial charge on any atom is -0.444 e. The van der Waals surface area contributed by atoms with Gasteiger partial charge >= 0.3 is 0 Å². The average molecular weight is 196 g/mol. The Morgan fingerprint density at radius 2 is 2.14 bits per heavy atom. The van der Waals surface area contributed by atoms with Crippen LogP contribution in [0.15, 0.2) is 10.6 Å². The standard InChI is InChI=1S/C11H20N2O/c1-8(2)5-6-12-10(4)11-13-7-9(3)14-11/h7-8,10,12H,5-6H2,1-4H3. The van der Waals surface area contributed by atoms with E-state index in [1.54, 1.807) is 6.20 Å². The lowest BCUT2D eigenvalue weighted by Gasteiger charge is -2.11. The molecule has 0 spiro atoms. The Kier molecular flexibility index (Phi) is 4.14. The number of nitrogens with one attached hydrogen (secondary N) is 1. The van der Waals surface area contributed by atoms with Crippen LogP contribution in [0.4, 0.5) is 0 Å². The van der Waals surface area contributed by atoms with E-state index in [2.05, 4.69) is 31.1 Å². The van der Waals surface area contributed by atoms with Gasteiger partial charge in [-0.25, -0.2) is 4.98 Å². The first-order chi connectivity index (χ1) is 6.59. The quantitative estimate of drug-likeness (QED) is 0.786. The van der Waals surface area contributed by atoms with Crippen molar-refractivity contribution in [2.75, 3.05) is 6.54 Å². The lowest BCUT2D eigenvalue weighted by atomic mass is 10.1. The van der Waals surface area contributed by atoms with E-state index in [0.29, 0.717) is 0 Å². The van der Waals surface area contributed by atoms with Crippen molar-refractivity contribution in [3.05, 3.63) is 17.8 Å². The van der Waals surface area contributed by atoms with E-state index < -0.39 is 0 Å². The number of hydrogen-bond acceptors (Lipinski definition) is 3. The van der Waals surface area contributed by atoms with Gasteiger partial charge in [0.25, 0.3) is 0 Å². The molecule has 0 saturated heterocycles. The smallest absolute Gasteiger partial charge is 0.211 e. The Hall–Kier alpha value is -0.830. The average Bonchev–Trinajstić information content (AvgIpc) is 2.51. The van der Waals surface area contributed by atoms with Gasteiger partial charge in [0.05, 0.1) is 12.2 Å². The second-order valence-corrected chi connectivity index (χ2v) is 4.17. The molecule has 0 fully saturated rings. The third kappa shape index (κ3) is 3.50. The van der Waals surface area contributed by atoms with E-state index in [1.165, 1.54) is 6.42 Å². The van der Waals surface area contributed by atoms with Crippen LogP contribution < -0.4 is 5.32 Å². The molecular formula is C11H20N2O. The van der Waals surface area contributed by atoms with Crippen molar-refractivity contribution in [3.8, 4) is 0 Å². The zero-order chi connectivity index (χ0) is 10.6. The van der Waals surface area contributed by atoms with E-state index in [1.807, 2.05) is 6.92 Å². The summed E-state index contributed by atoms with van der Waals surface area (Å²) in [4.78, 5) is 4.18. The minimum absolute atomic E-state index is 0.211. The van der Waals surface area contributed by atoms with Crippen LogP contribution in [0.25, 0.3) is 0 Å². The highest BCUT2D eigenvalue weighted by atomic mass is 16.4. The van der Waals surface area contributed by atoms with Crippen LogP contribution in [0.3, 0.4) is 0 Å². The maximum atomic E-state index is 5.43. The van der Waals surface area contributed by atoms with Crippen molar-refractivity contribution < 1.29 is 4.42 Å². The fourth-order valence-electron chi connectivity index (χ4n) is 1.25. The van der Waals surface area contributed by atoms with E-state index in [-0.39, 0.29) is 6.04 Å². The summed E-state index contributed by atoms with van der Waals surface area (Å²) in [6.07, 6.45) is 2.94. The fourth-order valence-corrected chi connectivity index (χ4v) is 1.25. The molecule has 0 bridgehead atoms. The summed E-state index contributed by atoms with van der Waals surface area (Å²) < 4.78 is 5.43. The molecule has 0 aromatic carbocycles. The Morgan fingerprint density at radius 3 is 2.64 bits per heavy atom. The van der Waals surface area contributed by atoms with Crippen LogP contribution in [-0.4, -0.2) is 11.5 Å². The molecule has 1 rings (SSSR count). The third-order valence-corrected chi connectivity index (χ3v) is 2.18. The first-order valence-corrected chi connectivity index (χ1v) is 5.25. The first-order valence-electron chi connectivity index (χ1n) is 5.25. The third-order valence-electron chi connectivity index (χ3n) is 2.18. The molecule has 1 heterocycles. The Balaban J connectivity index is 2.32. The van der Waals surface area contributed by atoms with Crippen molar-refractivity contribution >= 4 is 0 Å². The van der Waals surface area contributed by atoms with Crippen LogP contribution in [0.5, 0.6) is 0 Å². The van der Waals surface area contributed by atoms with Crippen LogP contribution in [-0.2, 0) is 0 Å². The molecule has 14 heavy (non-hydrogen) atoms. The summed E-state index contributed by atoms with van der Waals surface area (Å²) in [6, 6.07) is 0.211. The molecule has 0 aliphatic carbocycles. The van der Waals surface area contributed by atoms with E-state index in [0.717, 1.165) is 24.1 Å². The van der Waals surface area contributed by atoms with Gasteiger partial charge < -0.3 is 9.73 Å². The van der Waals surface area contributed by atoms with Crippen molar-refractivity contribution in [2.45, 2.75) is 40.2 Å². The topological polar surface area (TPSA) is 38.1 Å². The molecule has 0 amide bonds. The lowest BCUT2D eigenvalue weighted by Crippen LogP contribution is -2.21. The maximum absolute atomic E-state index is 5.43. The minimum atomic E-state index is 0.211. The summed E-state index contributed by atoms with van der Waals surface area (Å²) in [6.45, 7) is 9.45. The molecule has 3 nitrogen and oxygen atoms in total. The molecule has 0 aliphatic heterocycles. The molecule has 0 aliphatic rings. The highest BCUT2D eigenvalue weighted by Gasteiger charge is 2.09. The molecule has 1 N–H and O–H groups in total. The van der Waals surface area contributed by atoms with Crippen LogP contribution in [0.1, 0.15) is 44.9 Å². The molecule has 80 valence electrons. The molecule has 1 aromatic heterocycles. The van der Waals surface area contributed by atoms with Crippen molar-refractivity contribution in [3.63, 3.8) is 0 Å². The van der Waals surface area contributed by atoms with Crippen molar-refractivity contribution in [1.29, 1.82) is 0 Å². The highest BCUT2D eigenvalue weighted by molar-refractivity contribution is 4.94. The molecule has 1 aromatic rings. The number of hydrogen-bond donors (Lipinski definition) is 1.